The number of aryl methyl sites for hydroxylation is 1. The summed E-state index contributed by atoms with van der Waals surface area (Å²) in [5.74, 6) is 0.663. The largest absolute Gasteiger partial charge is 0.293 e. The minimum atomic E-state index is 0.123. The zero-order chi connectivity index (χ0) is 12.7. The number of halogens is 1. The van der Waals surface area contributed by atoms with Gasteiger partial charge in [0.1, 0.15) is 0 Å². The summed E-state index contributed by atoms with van der Waals surface area (Å²) >= 11 is 4.81. The molecule has 1 unspecified atom stereocenters. The molecule has 1 atom stereocenters. The van der Waals surface area contributed by atoms with E-state index in [2.05, 4.69) is 20.9 Å². The summed E-state index contributed by atoms with van der Waals surface area (Å²) < 4.78 is 0. The van der Waals surface area contributed by atoms with Gasteiger partial charge in [-0.2, -0.15) is 0 Å². The highest BCUT2D eigenvalue weighted by atomic mass is 79.9. The van der Waals surface area contributed by atoms with Gasteiger partial charge in [-0.05, 0) is 18.8 Å². The number of carbonyl (C=O) groups excluding carboxylic acids is 2. The number of aromatic nitrogens is 1. The summed E-state index contributed by atoms with van der Waals surface area (Å²) in [6, 6.07) is 0. The molecule has 18 heavy (non-hydrogen) atoms. The number of carbonyl (C=O) groups is 2. The highest BCUT2D eigenvalue weighted by molar-refractivity contribution is 9.09. The number of Topliss-reactive ketones (excluding diaryl/α,β-unsaturated/α-hetero) is 1. The second-order valence-corrected chi connectivity index (χ2v) is 6.40. The molecule has 3 rings (SSSR count). The van der Waals surface area contributed by atoms with Crippen molar-refractivity contribution >= 4 is 44.1 Å². The van der Waals surface area contributed by atoms with Crippen molar-refractivity contribution in [3.05, 3.63) is 10.6 Å². The maximum Gasteiger partial charge on any atom is 0.229 e. The van der Waals surface area contributed by atoms with E-state index in [1.165, 1.54) is 11.3 Å². The zero-order valence-electron chi connectivity index (χ0n) is 9.82. The summed E-state index contributed by atoms with van der Waals surface area (Å²) in [4.78, 5) is 30.7. The van der Waals surface area contributed by atoms with Crippen LogP contribution in [0.3, 0.4) is 0 Å². The van der Waals surface area contributed by atoms with Crippen molar-refractivity contribution in [2.45, 2.75) is 25.7 Å². The van der Waals surface area contributed by atoms with Crippen LogP contribution in [0.1, 0.15) is 34.6 Å². The first kappa shape index (κ1) is 12.3. The Labute approximate surface area is 118 Å². The molecule has 0 N–H and O–H groups in total. The topological polar surface area (TPSA) is 50.3 Å². The van der Waals surface area contributed by atoms with Gasteiger partial charge in [-0.25, -0.2) is 4.98 Å². The SMILES string of the molecule is O=C1CCCc2nc(N3CC(CBr)CC3=O)sc21. The molecule has 0 spiro atoms. The first-order valence-corrected chi connectivity index (χ1v) is 8.02. The third kappa shape index (κ3) is 2.01. The van der Waals surface area contributed by atoms with Gasteiger partial charge in [-0.15, -0.1) is 0 Å². The number of hydrogen-bond acceptors (Lipinski definition) is 4. The van der Waals surface area contributed by atoms with Crippen LogP contribution in [0.2, 0.25) is 0 Å². The fourth-order valence-electron chi connectivity index (χ4n) is 2.44. The minimum Gasteiger partial charge on any atom is -0.293 e. The van der Waals surface area contributed by atoms with Crippen molar-refractivity contribution in [1.29, 1.82) is 0 Å². The van der Waals surface area contributed by atoms with Crippen molar-refractivity contribution in [2.24, 2.45) is 5.92 Å². The Kier molecular flexibility index (Phi) is 3.23. The average Bonchev–Trinajstić information content (AvgIpc) is 2.93. The molecular weight excluding hydrogens is 316 g/mol. The molecule has 4 nitrogen and oxygen atoms in total. The van der Waals surface area contributed by atoms with E-state index in [-0.39, 0.29) is 11.7 Å². The maximum absolute atomic E-state index is 11.9. The molecule has 1 saturated heterocycles. The number of hydrogen-bond donors (Lipinski definition) is 0. The Morgan fingerprint density at radius 2 is 2.22 bits per heavy atom. The molecule has 0 radical (unpaired) electrons. The number of nitrogens with zero attached hydrogens (tertiary/aromatic N) is 2. The number of rotatable bonds is 2. The third-order valence-corrected chi connectivity index (χ3v) is 5.49. The Bertz CT molecular complexity index is 514. The first-order chi connectivity index (χ1) is 8.69. The number of alkyl halides is 1. The Balaban J connectivity index is 1.89. The number of amides is 1. The quantitative estimate of drug-likeness (QED) is 0.783. The summed E-state index contributed by atoms with van der Waals surface area (Å²) in [6.45, 7) is 0.713. The van der Waals surface area contributed by atoms with Gasteiger partial charge in [0, 0.05) is 24.7 Å². The highest BCUT2D eigenvalue weighted by Gasteiger charge is 2.33. The second-order valence-electron chi connectivity index (χ2n) is 4.78. The monoisotopic (exact) mass is 328 g/mol. The Hall–Kier alpha value is -0.750. The van der Waals surface area contributed by atoms with Gasteiger partial charge in [0.2, 0.25) is 5.91 Å². The molecule has 6 heteroatoms. The van der Waals surface area contributed by atoms with Crippen LogP contribution in [0.4, 0.5) is 5.13 Å². The van der Waals surface area contributed by atoms with Crippen LogP contribution >= 0.6 is 27.3 Å². The zero-order valence-corrected chi connectivity index (χ0v) is 12.2. The van der Waals surface area contributed by atoms with Gasteiger partial charge in [-0.3, -0.25) is 14.5 Å². The molecule has 0 saturated carbocycles. The van der Waals surface area contributed by atoms with Crippen LogP contribution in [0.25, 0.3) is 0 Å². The van der Waals surface area contributed by atoms with E-state index in [1.54, 1.807) is 4.90 Å². The highest BCUT2D eigenvalue weighted by Crippen LogP contribution is 2.34. The van der Waals surface area contributed by atoms with Gasteiger partial charge in [0.05, 0.1) is 10.6 Å². The minimum absolute atomic E-state index is 0.123. The van der Waals surface area contributed by atoms with Crippen molar-refractivity contribution in [3.63, 3.8) is 0 Å². The third-order valence-electron chi connectivity index (χ3n) is 3.41. The standard InChI is InChI=1S/C12H13BrN2O2S/c13-5-7-4-10(17)15(6-7)12-14-8-2-1-3-9(16)11(8)18-12/h7H,1-6H2. The lowest BCUT2D eigenvalue weighted by atomic mass is 10.0. The van der Waals surface area contributed by atoms with Gasteiger partial charge >= 0.3 is 0 Å². The molecule has 0 bridgehead atoms. The summed E-state index contributed by atoms with van der Waals surface area (Å²) in [5, 5.41) is 1.54. The molecule has 1 amide bonds. The van der Waals surface area contributed by atoms with E-state index < -0.39 is 0 Å². The molecule has 0 aromatic carbocycles. The normalized spacial score (nSPS) is 23.6. The van der Waals surface area contributed by atoms with E-state index in [0.29, 0.717) is 30.4 Å². The van der Waals surface area contributed by atoms with E-state index in [1.807, 2.05) is 0 Å². The van der Waals surface area contributed by atoms with Gasteiger partial charge < -0.3 is 0 Å². The maximum atomic E-state index is 11.9. The van der Waals surface area contributed by atoms with Crippen LogP contribution < -0.4 is 4.90 Å². The second kappa shape index (κ2) is 4.74. The molecule has 96 valence electrons. The van der Waals surface area contributed by atoms with Gasteiger partial charge in [0.25, 0.3) is 0 Å². The predicted molar refractivity (Wildman–Crippen MR) is 73.6 cm³/mol. The Morgan fingerprint density at radius 1 is 1.39 bits per heavy atom. The lowest BCUT2D eigenvalue weighted by Gasteiger charge is -2.11. The summed E-state index contributed by atoms with van der Waals surface area (Å²) in [7, 11) is 0. The molecule has 1 aliphatic carbocycles. The fraction of sp³-hybridized carbons (Fsp3) is 0.583. The van der Waals surface area contributed by atoms with E-state index in [4.69, 9.17) is 0 Å². The lowest BCUT2D eigenvalue weighted by molar-refractivity contribution is -0.117. The predicted octanol–water partition coefficient (Wildman–Crippen LogP) is 2.41. The fourth-order valence-corrected chi connectivity index (χ4v) is 3.98. The average molecular weight is 329 g/mol. The molecule has 2 heterocycles. The van der Waals surface area contributed by atoms with Crippen molar-refractivity contribution in [1.82, 2.24) is 4.98 Å². The molecular formula is C12H13BrN2O2S. The number of ketones is 1. The molecule has 1 fully saturated rings. The Morgan fingerprint density at radius 3 is 2.89 bits per heavy atom. The number of anilines is 1. The molecule has 1 aliphatic heterocycles. The van der Waals surface area contributed by atoms with Crippen LogP contribution in [0.15, 0.2) is 0 Å². The van der Waals surface area contributed by atoms with Crippen LogP contribution in [-0.4, -0.2) is 28.5 Å². The number of fused-ring (bicyclic) bond motifs is 1. The summed E-state index contributed by atoms with van der Waals surface area (Å²) in [6.07, 6.45) is 2.94. The van der Waals surface area contributed by atoms with Crippen LogP contribution in [-0.2, 0) is 11.2 Å². The van der Waals surface area contributed by atoms with Crippen molar-refractivity contribution < 1.29 is 9.59 Å². The first-order valence-electron chi connectivity index (χ1n) is 6.08. The summed E-state index contributed by atoms with van der Waals surface area (Å²) in [5.41, 5.74) is 0.890. The van der Waals surface area contributed by atoms with Crippen molar-refractivity contribution in [2.75, 3.05) is 16.8 Å². The van der Waals surface area contributed by atoms with Crippen molar-refractivity contribution in [3.8, 4) is 0 Å². The molecule has 1 aromatic heterocycles. The van der Waals surface area contributed by atoms with Crippen LogP contribution in [0, 0.1) is 5.92 Å². The number of thiazole rings is 1. The smallest absolute Gasteiger partial charge is 0.229 e. The van der Waals surface area contributed by atoms with E-state index >= 15 is 0 Å². The lowest BCUT2D eigenvalue weighted by Crippen LogP contribution is -2.24. The van der Waals surface area contributed by atoms with E-state index in [0.717, 1.165) is 28.7 Å². The van der Waals surface area contributed by atoms with Gasteiger partial charge in [0.15, 0.2) is 10.9 Å². The van der Waals surface area contributed by atoms with E-state index in [9.17, 15) is 9.59 Å². The molecule has 2 aliphatic rings. The van der Waals surface area contributed by atoms with Gasteiger partial charge in [-0.1, -0.05) is 27.3 Å². The molecule has 1 aromatic rings. The van der Waals surface area contributed by atoms with Crippen LogP contribution in [0.5, 0.6) is 0 Å².